The number of amides is 3. The molecule has 1 aliphatic rings. The van der Waals surface area contributed by atoms with Crippen molar-refractivity contribution in [1.29, 1.82) is 0 Å². The maximum atomic E-state index is 13.7. The fourth-order valence-electron chi connectivity index (χ4n) is 6.85. The van der Waals surface area contributed by atoms with Gasteiger partial charge in [0.05, 0.1) is 31.8 Å². The van der Waals surface area contributed by atoms with Gasteiger partial charge in [-0.25, -0.2) is 9.59 Å². The van der Waals surface area contributed by atoms with Crippen LogP contribution in [-0.2, 0) is 35.0 Å². The van der Waals surface area contributed by atoms with Gasteiger partial charge in [-0.2, -0.15) is 0 Å². The highest BCUT2D eigenvalue weighted by Crippen LogP contribution is 2.44. The molecule has 1 aromatic heterocycles. The number of carbonyl (C=O) groups excluding carboxylic acids is 4. The lowest BCUT2D eigenvalue weighted by molar-refractivity contribution is -0.147. The largest absolute Gasteiger partial charge is 0.462 e. The van der Waals surface area contributed by atoms with Gasteiger partial charge in [0.2, 0.25) is 11.8 Å². The van der Waals surface area contributed by atoms with Crippen LogP contribution in [0.25, 0.3) is 22.0 Å². The first-order valence-electron chi connectivity index (χ1n) is 18.6. The van der Waals surface area contributed by atoms with Crippen molar-refractivity contribution in [3.63, 3.8) is 0 Å². The van der Waals surface area contributed by atoms with Crippen LogP contribution in [0.15, 0.2) is 104 Å². The molecular weight excluding hydrogens is 700 g/mol. The third kappa shape index (κ3) is 11.2. The Morgan fingerprint density at radius 3 is 2.29 bits per heavy atom. The number of nitrogens with one attached hydrogen (secondary N) is 4. The van der Waals surface area contributed by atoms with Gasteiger partial charge in [0, 0.05) is 36.0 Å². The molecule has 0 aliphatic heterocycles. The highest BCUT2D eigenvalue weighted by Gasteiger charge is 2.31. The van der Waals surface area contributed by atoms with E-state index in [9.17, 15) is 19.2 Å². The molecular formula is C43H50N4O8. The quantitative estimate of drug-likeness (QED) is 0.0409. The van der Waals surface area contributed by atoms with Gasteiger partial charge in [0.25, 0.3) is 0 Å². The summed E-state index contributed by atoms with van der Waals surface area (Å²) < 4.78 is 16.7. The average Bonchev–Trinajstić information content (AvgIpc) is 3.75. The summed E-state index contributed by atoms with van der Waals surface area (Å²) in [7, 11) is 0. The van der Waals surface area contributed by atoms with E-state index in [1.54, 1.807) is 12.2 Å². The Hall–Kier alpha value is -5.72. The van der Waals surface area contributed by atoms with Crippen LogP contribution in [0.1, 0.15) is 48.3 Å². The molecule has 5 rings (SSSR count). The number of fused-ring (bicyclic) bond motifs is 4. The monoisotopic (exact) mass is 750 g/mol. The smallest absolute Gasteiger partial charge is 0.407 e. The summed E-state index contributed by atoms with van der Waals surface area (Å²) in [6.45, 7) is 7.92. The summed E-state index contributed by atoms with van der Waals surface area (Å²) in [4.78, 5) is 56.4. The summed E-state index contributed by atoms with van der Waals surface area (Å²) in [5.41, 5.74) is 6.17. The Kier molecular flexibility index (Phi) is 15.2. The molecule has 5 N–H and O–H groups in total. The number of alkyl carbamates (subject to hydrolysis) is 1. The van der Waals surface area contributed by atoms with E-state index >= 15 is 0 Å². The summed E-state index contributed by atoms with van der Waals surface area (Å²) in [6, 6.07) is 22.1. The molecule has 0 spiro atoms. The van der Waals surface area contributed by atoms with E-state index in [-0.39, 0.29) is 70.7 Å². The van der Waals surface area contributed by atoms with Crippen molar-refractivity contribution >= 4 is 34.8 Å². The zero-order valence-corrected chi connectivity index (χ0v) is 31.0. The number of aliphatic hydroxyl groups excluding tert-OH is 1. The third-order valence-corrected chi connectivity index (χ3v) is 9.55. The number of rotatable bonds is 22. The third-order valence-electron chi connectivity index (χ3n) is 9.55. The van der Waals surface area contributed by atoms with Gasteiger partial charge in [0.1, 0.15) is 19.3 Å². The van der Waals surface area contributed by atoms with E-state index in [0.29, 0.717) is 12.8 Å². The number of benzene rings is 3. The van der Waals surface area contributed by atoms with Crippen LogP contribution in [0, 0.1) is 5.92 Å². The average molecular weight is 751 g/mol. The lowest BCUT2D eigenvalue weighted by Crippen LogP contribution is -2.47. The summed E-state index contributed by atoms with van der Waals surface area (Å²) in [6.07, 6.45) is 5.46. The van der Waals surface area contributed by atoms with Crippen LogP contribution in [-0.4, -0.2) is 85.6 Å². The van der Waals surface area contributed by atoms with Crippen molar-refractivity contribution in [3.05, 3.63) is 121 Å². The lowest BCUT2D eigenvalue weighted by Gasteiger charge is -2.24. The number of hydrogen-bond donors (Lipinski definition) is 5. The molecule has 12 nitrogen and oxygen atoms in total. The second-order valence-electron chi connectivity index (χ2n) is 13.4. The SMILES string of the molecule is C=CCCC(NC(=O)OCC1c2ccccc2-c2ccccc21)C(=O)OCC(Cc1c[nH]c2ccccc12)NC(=O)C(CC=C)CC(=O)NCCOCCO. The minimum absolute atomic E-state index is 0.0865. The van der Waals surface area contributed by atoms with Gasteiger partial charge in [-0.3, -0.25) is 9.59 Å². The van der Waals surface area contributed by atoms with Crippen LogP contribution in [0.4, 0.5) is 4.79 Å². The Morgan fingerprint density at radius 2 is 1.58 bits per heavy atom. The van der Waals surface area contributed by atoms with Crippen molar-refractivity contribution in [2.75, 3.05) is 39.6 Å². The molecule has 1 heterocycles. The molecule has 0 radical (unpaired) electrons. The lowest BCUT2D eigenvalue weighted by atomic mass is 9.98. The fraction of sp³-hybridized carbons (Fsp3) is 0.349. The molecule has 4 aromatic rings. The van der Waals surface area contributed by atoms with Gasteiger partial charge < -0.3 is 40.3 Å². The minimum atomic E-state index is -1.03. The number of H-pyrrole nitrogens is 1. The van der Waals surface area contributed by atoms with Gasteiger partial charge >= 0.3 is 12.1 Å². The van der Waals surface area contributed by atoms with Crippen LogP contribution < -0.4 is 16.0 Å². The molecule has 290 valence electrons. The number of esters is 1. The van der Waals surface area contributed by atoms with Crippen LogP contribution in [0.2, 0.25) is 0 Å². The zero-order chi connectivity index (χ0) is 39.0. The van der Waals surface area contributed by atoms with Gasteiger partial charge in [-0.05, 0) is 59.6 Å². The molecule has 0 fully saturated rings. The number of aliphatic hydroxyl groups is 1. The Bertz CT molecular complexity index is 1890. The first-order chi connectivity index (χ1) is 26.8. The minimum Gasteiger partial charge on any atom is -0.462 e. The van der Waals surface area contributed by atoms with Crippen molar-refractivity contribution < 1.29 is 38.5 Å². The maximum absolute atomic E-state index is 13.7. The van der Waals surface area contributed by atoms with Crippen molar-refractivity contribution in [1.82, 2.24) is 20.9 Å². The topological polar surface area (TPSA) is 168 Å². The first kappa shape index (κ1) is 40.5. The number of aromatic amines is 1. The molecule has 3 aromatic carbocycles. The number of allylic oxidation sites excluding steroid dienone is 2. The molecule has 0 bridgehead atoms. The van der Waals surface area contributed by atoms with E-state index in [1.165, 1.54) is 0 Å². The van der Waals surface area contributed by atoms with Gasteiger partial charge in [-0.15, -0.1) is 13.2 Å². The molecule has 3 atom stereocenters. The molecule has 0 saturated carbocycles. The normalized spacial score (nSPS) is 13.5. The summed E-state index contributed by atoms with van der Waals surface area (Å²) in [5.74, 6) is -2.29. The Balaban J connectivity index is 1.23. The molecule has 3 amide bonds. The number of ether oxygens (including phenoxy) is 3. The number of para-hydroxylation sites is 1. The molecule has 3 unspecified atom stereocenters. The van der Waals surface area contributed by atoms with E-state index in [4.69, 9.17) is 19.3 Å². The highest BCUT2D eigenvalue weighted by molar-refractivity contribution is 5.87. The molecule has 0 saturated heterocycles. The number of carbonyl (C=O) groups is 4. The zero-order valence-electron chi connectivity index (χ0n) is 31.0. The van der Waals surface area contributed by atoms with Gasteiger partial charge in [-0.1, -0.05) is 78.9 Å². The highest BCUT2D eigenvalue weighted by atomic mass is 16.6. The standard InChI is InChI=1S/C43H50N4O8/c1-3-5-18-39(47-43(52)55-28-37-35-16-8-6-14-33(35)34-15-7-9-17-36(34)37)42(51)54-27-31(24-30-26-45-38-19-11-10-13-32(30)38)46-41(50)29(12-4-2)25-40(49)44-20-22-53-23-21-48/h3-4,6-11,13-17,19,26,29,31,37,39,45,48H,1-2,5,12,18,20-25,27-28H2,(H,44,49)(H,46,50)(H,47,52). The van der Waals surface area contributed by atoms with E-state index in [0.717, 1.165) is 38.7 Å². The van der Waals surface area contributed by atoms with Crippen LogP contribution in [0.3, 0.4) is 0 Å². The van der Waals surface area contributed by atoms with E-state index < -0.39 is 36.0 Å². The predicted molar refractivity (Wildman–Crippen MR) is 210 cm³/mol. The summed E-state index contributed by atoms with van der Waals surface area (Å²) >= 11 is 0. The molecule has 12 heteroatoms. The second-order valence-corrected chi connectivity index (χ2v) is 13.4. The fourth-order valence-corrected chi connectivity index (χ4v) is 6.85. The van der Waals surface area contributed by atoms with E-state index in [2.05, 4.69) is 46.2 Å². The predicted octanol–water partition coefficient (Wildman–Crippen LogP) is 5.32. The second kappa shape index (κ2) is 20.7. The number of hydrogen-bond acceptors (Lipinski definition) is 8. The van der Waals surface area contributed by atoms with Crippen molar-refractivity contribution in [3.8, 4) is 11.1 Å². The Labute approximate surface area is 321 Å². The number of aromatic nitrogens is 1. The van der Waals surface area contributed by atoms with Crippen molar-refractivity contribution in [2.24, 2.45) is 5.92 Å². The first-order valence-corrected chi connectivity index (χ1v) is 18.6. The van der Waals surface area contributed by atoms with Crippen LogP contribution >= 0.6 is 0 Å². The maximum Gasteiger partial charge on any atom is 0.407 e. The van der Waals surface area contributed by atoms with E-state index in [1.807, 2.05) is 66.9 Å². The molecule has 1 aliphatic carbocycles. The van der Waals surface area contributed by atoms with Crippen molar-refractivity contribution in [2.45, 2.75) is 50.1 Å². The van der Waals surface area contributed by atoms with Crippen LogP contribution in [0.5, 0.6) is 0 Å². The summed E-state index contributed by atoms with van der Waals surface area (Å²) in [5, 5.41) is 18.2. The van der Waals surface area contributed by atoms with Gasteiger partial charge in [0.15, 0.2) is 0 Å². The Morgan fingerprint density at radius 1 is 0.873 bits per heavy atom. The molecule has 55 heavy (non-hydrogen) atoms.